The van der Waals surface area contributed by atoms with Gasteiger partial charge >= 0.3 is 5.97 Å². The molecule has 24 heavy (non-hydrogen) atoms. The number of amides is 1. The van der Waals surface area contributed by atoms with E-state index in [4.69, 9.17) is 4.74 Å². The van der Waals surface area contributed by atoms with E-state index in [-0.39, 0.29) is 36.7 Å². The lowest BCUT2D eigenvalue weighted by atomic mass is 10.0. The maximum Gasteiger partial charge on any atom is 0.307 e. The van der Waals surface area contributed by atoms with E-state index in [0.717, 1.165) is 36.0 Å². The summed E-state index contributed by atoms with van der Waals surface area (Å²) in [6.07, 6.45) is 2.63. The molecule has 0 saturated carbocycles. The molecule has 2 unspecified atom stereocenters. The average Bonchev–Trinajstić information content (AvgIpc) is 3.06. The van der Waals surface area contributed by atoms with Gasteiger partial charge in [-0.2, -0.15) is 0 Å². The molecule has 2 rings (SSSR count). The normalized spacial score (nSPS) is 17.7. The van der Waals surface area contributed by atoms with Gasteiger partial charge in [0, 0.05) is 10.9 Å². The number of carbonyl (C=O) groups excluding carboxylic acids is 2. The molecule has 0 aliphatic carbocycles. The summed E-state index contributed by atoms with van der Waals surface area (Å²) < 4.78 is 5.70. The van der Waals surface area contributed by atoms with Crippen molar-refractivity contribution >= 4 is 40.2 Å². The second-order valence-electron chi connectivity index (χ2n) is 5.85. The maximum atomic E-state index is 12.2. The van der Waals surface area contributed by atoms with Crippen molar-refractivity contribution in [3.63, 3.8) is 0 Å². The van der Waals surface area contributed by atoms with Gasteiger partial charge in [-0.25, -0.2) is 0 Å². The minimum absolute atomic E-state index is 0. The van der Waals surface area contributed by atoms with Crippen LogP contribution in [0.15, 0.2) is 28.7 Å². The van der Waals surface area contributed by atoms with Gasteiger partial charge in [-0.05, 0) is 49.5 Å². The predicted octanol–water partition coefficient (Wildman–Crippen LogP) is 2.98. The van der Waals surface area contributed by atoms with Gasteiger partial charge in [0.05, 0.1) is 19.6 Å². The summed E-state index contributed by atoms with van der Waals surface area (Å²) in [5.41, 5.74) is 0.898. The molecule has 1 aromatic rings. The largest absolute Gasteiger partial charge is 0.469 e. The second-order valence-corrected chi connectivity index (χ2v) is 6.77. The smallest absolute Gasteiger partial charge is 0.307 e. The Morgan fingerprint density at radius 3 is 2.67 bits per heavy atom. The number of hydrogen-bond donors (Lipinski definition) is 2. The van der Waals surface area contributed by atoms with Crippen molar-refractivity contribution in [3.8, 4) is 0 Å². The van der Waals surface area contributed by atoms with Crippen molar-refractivity contribution in [2.75, 3.05) is 20.2 Å². The standard InChI is InChI=1S/C17H23BrN2O3.ClH/c1-23-17(22)10-15(13-3-5-14(18)6-4-13)20-16(21)7-2-12-8-9-19-11-12;/h3-6,12,15,19H,2,7-11H2,1H3,(H,20,21);1H. The summed E-state index contributed by atoms with van der Waals surface area (Å²) in [7, 11) is 1.36. The molecule has 0 bridgehead atoms. The average molecular weight is 420 g/mol. The summed E-state index contributed by atoms with van der Waals surface area (Å²) in [4.78, 5) is 23.8. The Labute approximate surface area is 157 Å². The fourth-order valence-electron chi connectivity index (χ4n) is 2.76. The highest BCUT2D eigenvalue weighted by Gasteiger charge is 2.20. The van der Waals surface area contributed by atoms with Crippen LogP contribution in [0.25, 0.3) is 0 Å². The van der Waals surface area contributed by atoms with Crippen molar-refractivity contribution in [2.24, 2.45) is 5.92 Å². The molecule has 1 heterocycles. The van der Waals surface area contributed by atoms with Crippen LogP contribution in [0, 0.1) is 5.92 Å². The van der Waals surface area contributed by atoms with Gasteiger partial charge in [0.2, 0.25) is 5.91 Å². The van der Waals surface area contributed by atoms with Gasteiger partial charge in [-0.1, -0.05) is 28.1 Å². The molecule has 7 heteroatoms. The van der Waals surface area contributed by atoms with E-state index in [1.807, 2.05) is 24.3 Å². The maximum absolute atomic E-state index is 12.2. The topological polar surface area (TPSA) is 67.4 Å². The Kier molecular flexibility index (Phi) is 9.33. The van der Waals surface area contributed by atoms with Crippen molar-refractivity contribution in [2.45, 2.75) is 31.7 Å². The Balaban J connectivity index is 0.00000288. The third kappa shape index (κ3) is 6.79. The van der Waals surface area contributed by atoms with E-state index in [1.54, 1.807) is 0 Å². The molecule has 0 aromatic heterocycles. The number of nitrogens with one attached hydrogen (secondary N) is 2. The molecule has 134 valence electrons. The first kappa shape index (κ1) is 20.9. The molecule has 2 atom stereocenters. The van der Waals surface area contributed by atoms with Crippen LogP contribution in [-0.4, -0.2) is 32.1 Å². The number of esters is 1. The van der Waals surface area contributed by atoms with Crippen LogP contribution < -0.4 is 10.6 Å². The van der Waals surface area contributed by atoms with Crippen molar-refractivity contribution < 1.29 is 14.3 Å². The van der Waals surface area contributed by atoms with Crippen molar-refractivity contribution in [1.29, 1.82) is 0 Å². The minimum Gasteiger partial charge on any atom is -0.469 e. The predicted molar refractivity (Wildman–Crippen MR) is 99.1 cm³/mol. The van der Waals surface area contributed by atoms with Crippen LogP contribution in [0.2, 0.25) is 0 Å². The number of ether oxygens (including phenoxy) is 1. The Bertz CT molecular complexity index is 533. The van der Waals surface area contributed by atoms with E-state index in [9.17, 15) is 9.59 Å². The van der Waals surface area contributed by atoms with Gasteiger partial charge < -0.3 is 15.4 Å². The van der Waals surface area contributed by atoms with Gasteiger partial charge in [0.25, 0.3) is 0 Å². The third-order valence-electron chi connectivity index (χ3n) is 4.15. The number of halogens is 2. The minimum atomic E-state index is -0.357. The van der Waals surface area contributed by atoms with Crippen molar-refractivity contribution in [1.82, 2.24) is 10.6 Å². The molecule has 0 spiro atoms. The van der Waals surface area contributed by atoms with Gasteiger partial charge in [0.1, 0.15) is 0 Å². The molecule has 1 saturated heterocycles. The van der Waals surface area contributed by atoms with E-state index in [0.29, 0.717) is 12.3 Å². The Hall–Kier alpha value is -1.11. The highest BCUT2D eigenvalue weighted by Crippen LogP contribution is 2.21. The number of hydrogen-bond acceptors (Lipinski definition) is 4. The lowest BCUT2D eigenvalue weighted by molar-refractivity contribution is -0.141. The summed E-state index contributed by atoms with van der Waals surface area (Å²) in [5.74, 6) is 0.222. The highest BCUT2D eigenvalue weighted by atomic mass is 79.9. The zero-order valence-corrected chi connectivity index (χ0v) is 16.1. The number of benzene rings is 1. The van der Waals surface area contributed by atoms with Crippen LogP contribution in [0.1, 0.15) is 37.3 Å². The molecular formula is C17H24BrClN2O3. The molecule has 0 radical (unpaired) electrons. The van der Waals surface area contributed by atoms with Crippen LogP contribution in [0.3, 0.4) is 0 Å². The van der Waals surface area contributed by atoms with Gasteiger partial charge in [-0.3, -0.25) is 9.59 Å². The highest BCUT2D eigenvalue weighted by molar-refractivity contribution is 9.10. The summed E-state index contributed by atoms with van der Waals surface area (Å²) >= 11 is 3.39. The molecule has 2 N–H and O–H groups in total. The summed E-state index contributed by atoms with van der Waals surface area (Å²) in [5, 5.41) is 6.27. The number of methoxy groups -OCH3 is 1. The summed E-state index contributed by atoms with van der Waals surface area (Å²) in [6.45, 7) is 2.03. The molecule has 1 amide bonds. The van der Waals surface area contributed by atoms with Crippen LogP contribution in [-0.2, 0) is 14.3 Å². The summed E-state index contributed by atoms with van der Waals surface area (Å²) in [6, 6.07) is 7.24. The molecule has 1 aliphatic heterocycles. The lowest BCUT2D eigenvalue weighted by Crippen LogP contribution is -2.30. The molecular weight excluding hydrogens is 396 g/mol. The second kappa shape index (κ2) is 10.7. The zero-order valence-electron chi connectivity index (χ0n) is 13.7. The number of rotatable bonds is 7. The first-order chi connectivity index (χ1) is 11.1. The van der Waals surface area contributed by atoms with Gasteiger partial charge in [-0.15, -0.1) is 12.4 Å². The molecule has 1 aliphatic rings. The Morgan fingerprint density at radius 1 is 1.38 bits per heavy atom. The van der Waals surface area contributed by atoms with Crippen LogP contribution in [0.5, 0.6) is 0 Å². The van der Waals surface area contributed by atoms with E-state index >= 15 is 0 Å². The van der Waals surface area contributed by atoms with E-state index in [1.165, 1.54) is 7.11 Å². The fraction of sp³-hybridized carbons (Fsp3) is 0.529. The lowest BCUT2D eigenvalue weighted by Gasteiger charge is -2.19. The SMILES string of the molecule is COC(=O)CC(NC(=O)CCC1CCNC1)c1ccc(Br)cc1.Cl. The fourth-order valence-corrected chi connectivity index (χ4v) is 3.02. The molecule has 1 aromatic carbocycles. The van der Waals surface area contributed by atoms with E-state index < -0.39 is 0 Å². The number of carbonyl (C=O) groups is 2. The van der Waals surface area contributed by atoms with Crippen LogP contribution >= 0.6 is 28.3 Å². The first-order valence-corrected chi connectivity index (χ1v) is 8.70. The molecule has 5 nitrogen and oxygen atoms in total. The molecule has 1 fully saturated rings. The zero-order chi connectivity index (χ0) is 16.7. The van der Waals surface area contributed by atoms with Crippen LogP contribution in [0.4, 0.5) is 0 Å². The quantitative estimate of drug-likeness (QED) is 0.667. The first-order valence-electron chi connectivity index (χ1n) is 7.91. The monoisotopic (exact) mass is 418 g/mol. The van der Waals surface area contributed by atoms with E-state index in [2.05, 4.69) is 26.6 Å². The van der Waals surface area contributed by atoms with Crippen molar-refractivity contribution in [3.05, 3.63) is 34.3 Å². The van der Waals surface area contributed by atoms with Gasteiger partial charge in [0.15, 0.2) is 0 Å². The third-order valence-corrected chi connectivity index (χ3v) is 4.68. The Morgan fingerprint density at radius 2 is 2.08 bits per heavy atom.